The van der Waals surface area contributed by atoms with Gasteiger partial charge in [0.25, 0.3) is 0 Å². The molecule has 1 atom stereocenters. The van der Waals surface area contributed by atoms with Gasteiger partial charge in [-0.3, -0.25) is 0 Å². The molecule has 1 saturated carbocycles. The Balaban J connectivity index is 2.24. The zero-order chi connectivity index (χ0) is 6.91. The molecule has 0 N–H and O–H groups in total. The Hall–Kier alpha value is 0.290. The van der Waals surface area contributed by atoms with Crippen LogP contribution in [-0.2, 0) is 0 Å². The molecule has 0 aromatic carbocycles. The molecule has 1 heteroatoms. The highest BCUT2D eigenvalue weighted by Gasteiger charge is 2.44. The molecule has 0 bridgehead atoms. The summed E-state index contributed by atoms with van der Waals surface area (Å²) in [4.78, 5) is 0.232. The summed E-state index contributed by atoms with van der Waals surface area (Å²) in [5.41, 5.74) is 0. The molecule has 0 amide bonds. The fraction of sp³-hybridized carbons (Fsp3) is 1.00. The lowest BCUT2D eigenvalue weighted by Crippen LogP contribution is -2.11. The maximum atomic E-state index is 6.17. The van der Waals surface area contributed by atoms with E-state index in [2.05, 4.69) is 13.8 Å². The fourth-order valence-electron chi connectivity index (χ4n) is 1.30. The Morgan fingerprint density at radius 2 is 2.11 bits per heavy atom. The van der Waals surface area contributed by atoms with Crippen LogP contribution in [0.15, 0.2) is 0 Å². The Labute approximate surface area is 62.6 Å². The van der Waals surface area contributed by atoms with E-state index in [1.807, 2.05) is 0 Å². The molecule has 9 heavy (non-hydrogen) atoms. The van der Waals surface area contributed by atoms with Crippen LogP contribution in [0.1, 0.15) is 39.5 Å². The third kappa shape index (κ3) is 1.61. The van der Waals surface area contributed by atoms with Gasteiger partial charge >= 0.3 is 0 Å². The second-order valence-electron chi connectivity index (χ2n) is 3.22. The van der Waals surface area contributed by atoms with E-state index in [1.54, 1.807) is 0 Å². The van der Waals surface area contributed by atoms with Crippen molar-refractivity contribution in [3.63, 3.8) is 0 Å². The average molecular weight is 147 g/mol. The Morgan fingerprint density at radius 1 is 1.56 bits per heavy atom. The number of hydrogen-bond donors (Lipinski definition) is 0. The number of rotatable bonds is 3. The van der Waals surface area contributed by atoms with Gasteiger partial charge in [0, 0.05) is 4.87 Å². The van der Waals surface area contributed by atoms with Crippen LogP contribution >= 0.6 is 11.6 Å². The van der Waals surface area contributed by atoms with Gasteiger partial charge in [0.2, 0.25) is 0 Å². The molecule has 0 nitrogen and oxygen atoms in total. The van der Waals surface area contributed by atoms with Gasteiger partial charge in [0.05, 0.1) is 0 Å². The average Bonchev–Trinajstić information content (AvgIpc) is 2.50. The molecule has 0 aromatic heterocycles. The van der Waals surface area contributed by atoms with E-state index < -0.39 is 0 Å². The molecule has 0 saturated heterocycles. The second kappa shape index (κ2) is 2.49. The summed E-state index contributed by atoms with van der Waals surface area (Å²) in [6.45, 7) is 4.49. The number of hydrogen-bond acceptors (Lipinski definition) is 0. The minimum absolute atomic E-state index is 0.232. The standard InChI is InChI=1S/C8H15Cl/c1-3-4-7(2)8(9)5-6-8/h7H,3-6H2,1-2H3. The van der Waals surface area contributed by atoms with E-state index in [1.165, 1.54) is 25.7 Å². The summed E-state index contributed by atoms with van der Waals surface area (Å²) in [5.74, 6) is 0.740. The van der Waals surface area contributed by atoms with Crippen molar-refractivity contribution in [2.24, 2.45) is 5.92 Å². The van der Waals surface area contributed by atoms with Crippen molar-refractivity contribution in [1.29, 1.82) is 0 Å². The summed E-state index contributed by atoms with van der Waals surface area (Å²) in [7, 11) is 0. The predicted molar refractivity (Wildman–Crippen MR) is 41.9 cm³/mol. The highest BCUT2D eigenvalue weighted by atomic mass is 35.5. The summed E-state index contributed by atoms with van der Waals surface area (Å²) in [6, 6.07) is 0. The van der Waals surface area contributed by atoms with Crippen molar-refractivity contribution >= 4 is 11.6 Å². The molecule has 0 radical (unpaired) electrons. The lowest BCUT2D eigenvalue weighted by molar-refractivity contribution is 0.487. The predicted octanol–water partition coefficient (Wildman–Crippen LogP) is 3.19. The van der Waals surface area contributed by atoms with Gasteiger partial charge in [0.1, 0.15) is 0 Å². The van der Waals surface area contributed by atoms with Crippen LogP contribution in [0.4, 0.5) is 0 Å². The van der Waals surface area contributed by atoms with E-state index >= 15 is 0 Å². The Bertz CT molecular complexity index is 94.7. The van der Waals surface area contributed by atoms with E-state index in [4.69, 9.17) is 11.6 Å². The van der Waals surface area contributed by atoms with Crippen molar-refractivity contribution in [2.75, 3.05) is 0 Å². The van der Waals surface area contributed by atoms with Crippen LogP contribution in [0, 0.1) is 5.92 Å². The van der Waals surface area contributed by atoms with Gasteiger partial charge in [-0.15, -0.1) is 11.6 Å². The van der Waals surface area contributed by atoms with Gasteiger partial charge in [-0.1, -0.05) is 20.3 Å². The SMILES string of the molecule is CCCC(C)C1(Cl)CC1. The first-order valence-corrected chi connectivity index (χ1v) is 4.26. The van der Waals surface area contributed by atoms with Gasteiger partial charge in [-0.05, 0) is 25.2 Å². The summed E-state index contributed by atoms with van der Waals surface area (Å²) < 4.78 is 0. The van der Waals surface area contributed by atoms with E-state index in [0.717, 1.165) is 5.92 Å². The summed E-state index contributed by atoms with van der Waals surface area (Å²) in [6.07, 6.45) is 5.06. The van der Waals surface area contributed by atoms with E-state index in [9.17, 15) is 0 Å². The molecule has 0 aliphatic heterocycles. The summed E-state index contributed by atoms with van der Waals surface area (Å²) in [5, 5.41) is 0. The summed E-state index contributed by atoms with van der Waals surface area (Å²) >= 11 is 6.17. The molecule has 54 valence electrons. The molecule has 0 aromatic rings. The highest BCUT2D eigenvalue weighted by Crippen LogP contribution is 2.50. The third-order valence-electron chi connectivity index (χ3n) is 2.33. The van der Waals surface area contributed by atoms with Crippen molar-refractivity contribution in [3.8, 4) is 0 Å². The van der Waals surface area contributed by atoms with Gasteiger partial charge in [0.15, 0.2) is 0 Å². The monoisotopic (exact) mass is 146 g/mol. The first-order chi connectivity index (χ1) is 4.19. The zero-order valence-corrected chi connectivity index (χ0v) is 7.04. The van der Waals surface area contributed by atoms with Crippen LogP contribution in [0.25, 0.3) is 0 Å². The van der Waals surface area contributed by atoms with Crippen LogP contribution in [0.2, 0.25) is 0 Å². The molecular weight excluding hydrogens is 132 g/mol. The van der Waals surface area contributed by atoms with E-state index in [-0.39, 0.29) is 4.87 Å². The maximum absolute atomic E-state index is 6.17. The molecular formula is C8H15Cl. The fourth-order valence-corrected chi connectivity index (χ4v) is 1.51. The van der Waals surface area contributed by atoms with Gasteiger partial charge < -0.3 is 0 Å². The minimum Gasteiger partial charge on any atom is -0.119 e. The quantitative estimate of drug-likeness (QED) is 0.537. The largest absolute Gasteiger partial charge is 0.119 e. The van der Waals surface area contributed by atoms with Crippen molar-refractivity contribution in [1.82, 2.24) is 0 Å². The molecule has 0 heterocycles. The smallest absolute Gasteiger partial charge is 0.0473 e. The minimum atomic E-state index is 0.232. The lowest BCUT2D eigenvalue weighted by Gasteiger charge is -2.14. The molecule has 1 aliphatic carbocycles. The molecule has 1 aliphatic rings. The van der Waals surface area contributed by atoms with Crippen LogP contribution in [-0.4, -0.2) is 4.87 Å². The lowest BCUT2D eigenvalue weighted by atomic mass is 10.0. The second-order valence-corrected chi connectivity index (χ2v) is 3.98. The number of alkyl halides is 1. The third-order valence-corrected chi connectivity index (χ3v) is 3.08. The first-order valence-electron chi connectivity index (χ1n) is 3.88. The van der Waals surface area contributed by atoms with Crippen molar-refractivity contribution < 1.29 is 0 Å². The van der Waals surface area contributed by atoms with Crippen molar-refractivity contribution in [2.45, 2.75) is 44.4 Å². The van der Waals surface area contributed by atoms with Gasteiger partial charge in [-0.25, -0.2) is 0 Å². The molecule has 0 spiro atoms. The van der Waals surface area contributed by atoms with Crippen LogP contribution < -0.4 is 0 Å². The normalized spacial score (nSPS) is 25.7. The Morgan fingerprint density at radius 3 is 2.44 bits per heavy atom. The number of halogens is 1. The van der Waals surface area contributed by atoms with Crippen molar-refractivity contribution in [3.05, 3.63) is 0 Å². The maximum Gasteiger partial charge on any atom is 0.0473 e. The molecule has 1 fully saturated rings. The highest BCUT2D eigenvalue weighted by molar-refractivity contribution is 6.26. The first kappa shape index (κ1) is 7.40. The molecule has 1 rings (SSSR count). The topological polar surface area (TPSA) is 0 Å². The van der Waals surface area contributed by atoms with E-state index in [0.29, 0.717) is 0 Å². The zero-order valence-electron chi connectivity index (χ0n) is 6.28. The van der Waals surface area contributed by atoms with Gasteiger partial charge in [-0.2, -0.15) is 0 Å². The molecule has 1 unspecified atom stereocenters. The Kier molecular flexibility index (Phi) is 2.05. The van der Waals surface area contributed by atoms with Crippen LogP contribution in [0.3, 0.4) is 0 Å². The van der Waals surface area contributed by atoms with Crippen LogP contribution in [0.5, 0.6) is 0 Å².